The molecule has 13 heavy (non-hydrogen) atoms. The number of aromatic nitrogens is 3. The lowest BCUT2D eigenvalue weighted by Gasteiger charge is -1.90. The highest BCUT2D eigenvalue weighted by Crippen LogP contribution is 2.09. The highest BCUT2D eigenvalue weighted by molar-refractivity contribution is 9.10. The van der Waals surface area contributed by atoms with Gasteiger partial charge in [-0.15, -0.1) is 0 Å². The van der Waals surface area contributed by atoms with E-state index in [-0.39, 0.29) is 0 Å². The van der Waals surface area contributed by atoms with Crippen molar-refractivity contribution in [1.82, 2.24) is 14.4 Å². The molecule has 0 aromatic carbocycles. The first-order valence-corrected chi connectivity index (χ1v) is 4.78. The van der Waals surface area contributed by atoms with Crippen LogP contribution in [0.3, 0.4) is 0 Å². The summed E-state index contributed by atoms with van der Waals surface area (Å²) in [4.78, 5) is 8.43. The number of rotatable bonds is 2. The predicted octanol–water partition coefficient (Wildman–Crippen LogP) is 0.993. The third-order valence-electron chi connectivity index (χ3n) is 1.76. The number of hydrogen-bond donors (Lipinski definition) is 1. The molecule has 2 heterocycles. The van der Waals surface area contributed by atoms with Crippen LogP contribution in [0.25, 0.3) is 5.65 Å². The molecule has 2 aromatic rings. The Morgan fingerprint density at radius 1 is 1.46 bits per heavy atom. The lowest BCUT2D eigenvalue weighted by Crippen LogP contribution is -2.02. The van der Waals surface area contributed by atoms with Gasteiger partial charge >= 0.3 is 0 Å². The van der Waals surface area contributed by atoms with Crippen LogP contribution in [0.15, 0.2) is 23.2 Å². The Hall–Kier alpha value is -0.940. The van der Waals surface area contributed by atoms with Crippen molar-refractivity contribution in [3.8, 4) is 0 Å². The van der Waals surface area contributed by atoms with Crippen LogP contribution < -0.4 is 5.73 Å². The molecule has 0 spiro atoms. The van der Waals surface area contributed by atoms with Crippen molar-refractivity contribution in [2.24, 2.45) is 5.73 Å². The van der Waals surface area contributed by atoms with E-state index < -0.39 is 0 Å². The van der Waals surface area contributed by atoms with Crippen molar-refractivity contribution in [2.45, 2.75) is 6.42 Å². The van der Waals surface area contributed by atoms with Gasteiger partial charge in [0.05, 0.1) is 11.9 Å². The number of imidazole rings is 1. The molecule has 0 aliphatic rings. The average Bonchev–Trinajstić information content (AvgIpc) is 2.46. The smallest absolute Gasteiger partial charge is 0.155 e. The van der Waals surface area contributed by atoms with Gasteiger partial charge in [0.1, 0.15) is 4.60 Å². The van der Waals surface area contributed by atoms with E-state index in [9.17, 15) is 0 Å². The van der Waals surface area contributed by atoms with E-state index in [1.807, 2.05) is 16.8 Å². The second-order valence-electron chi connectivity index (χ2n) is 2.75. The second kappa shape index (κ2) is 3.43. The largest absolute Gasteiger partial charge is 0.330 e. The minimum absolute atomic E-state index is 0.623. The van der Waals surface area contributed by atoms with Crippen molar-refractivity contribution in [3.63, 3.8) is 0 Å². The molecule has 0 fully saturated rings. The summed E-state index contributed by atoms with van der Waals surface area (Å²) >= 11 is 3.30. The van der Waals surface area contributed by atoms with Crippen LogP contribution in [0.4, 0.5) is 0 Å². The fourth-order valence-electron chi connectivity index (χ4n) is 1.20. The van der Waals surface area contributed by atoms with Gasteiger partial charge in [-0.1, -0.05) is 0 Å². The van der Waals surface area contributed by atoms with Crippen LogP contribution in [0.2, 0.25) is 0 Å². The molecular formula is C8H9BrN4. The van der Waals surface area contributed by atoms with Crippen LogP contribution in [0, 0.1) is 0 Å². The fraction of sp³-hybridized carbons (Fsp3) is 0.250. The molecule has 4 nitrogen and oxygen atoms in total. The Balaban J connectivity index is 2.49. The Kier molecular flexibility index (Phi) is 2.28. The van der Waals surface area contributed by atoms with Crippen LogP contribution >= 0.6 is 15.9 Å². The van der Waals surface area contributed by atoms with E-state index >= 15 is 0 Å². The van der Waals surface area contributed by atoms with Gasteiger partial charge in [0.2, 0.25) is 0 Å². The highest BCUT2D eigenvalue weighted by atomic mass is 79.9. The third-order valence-corrected chi connectivity index (χ3v) is 2.17. The molecule has 0 aliphatic carbocycles. The molecule has 0 atom stereocenters. The van der Waals surface area contributed by atoms with E-state index in [0.29, 0.717) is 6.54 Å². The molecule has 5 heteroatoms. The van der Waals surface area contributed by atoms with Gasteiger partial charge in [-0.3, -0.25) is 0 Å². The molecular weight excluding hydrogens is 232 g/mol. The molecule has 0 radical (unpaired) electrons. The Morgan fingerprint density at radius 2 is 2.31 bits per heavy atom. The molecule has 2 N–H and O–H groups in total. The maximum Gasteiger partial charge on any atom is 0.155 e. The number of halogens is 1. The molecule has 0 bridgehead atoms. The summed E-state index contributed by atoms with van der Waals surface area (Å²) in [6, 6.07) is 0. The number of nitrogens with two attached hydrogens (primary N) is 1. The normalized spacial score (nSPS) is 10.9. The number of hydrogen-bond acceptors (Lipinski definition) is 3. The third kappa shape index (κ3) is 1.71. The molecule has 0 amide bonds. The van der Waals surface area contributed by atoms with Crippen molar-refractivity contribution in [2.75, 3.05) is 6.54 Å². The van der Waals surface area contributed by atoms with Gasteiger partial charge in [0.15, 0.2) is 5.65 Å². The summed E-state index contributed by atoms with van der Waals surface area (Å²) < 4.78 is 2.74. The van der Waals surface area contributed by atoms with Gasteiger partial charge in [0.25, 0.3) is 0 Å². The molecule has 0 saturated carbocycles. The minimum Gasteiger partial charge on any atom is -0.330 e. The Morgan fingerprint density at radius 3 is 3.08 bits per heavy atom. The minimum atomic E-state index is 0.623. The maximum absolute atomic E-state index is 5.44. The SMILES string of the molecule is NCCc1cn2cc(Br)ncc2n1. The molecule has 68 valence electrons. The number of fused-ring (bicyclic) bond motifs is 1. The summed E-state index contributed by atoms with van der Waals surface area (Å²) in [6.45, 7) is 0.623. The van der Waals surface area contributed by atoms with Gasteiger partial charge < -0.3 is 10.1 Å². The van der Waals surface area contributed by atoms with Crippen molar-refractivity contribution >= 4 is 21.6 Å². The number of nitrogens with zero attached hydrogens (tertiary/aromatic N) is 3. The zero-order valence-electron chi connectivity index (χ0n) is 6.94. The topological polar surface area (TPSA) is 56.2 Å². The lowest BCUT2D eigenvalue weighted by molar-refractivity contribution is 0.937. The zero-order chi connectivity index (χ0) is 9.26. The van der Waals surface area contributed by atoms with Crippen LogP contribution in [0.1, 0.15) is 5.69 Å². The molecule has 0 unspecified atom stereocenters. The lowest BCUT2D eigenvalue weighted by atomic mass is 10.3. The predicted molar refractivity (Wildman–Crippen MR) is 53.4 cm³/mol. The van der Waals surface area contributed by atoms with Crippen LogP contribution in [-0.4, -0.2) is 20.9 Å². The quantitative estimate of drug-likeness (QED) is 0.853. The van der Waals surface area contributed by atoms with E-state index in [1.54, 1.807) is 6.20 Å². The van der Waals surface area contributed by atoms with E-state index in [0.717, 1.165) is 22.4 Å². The summed E-state index contributed by atoms with van der Waals surface area (Å²) in [5.74, 6) is 0. The second-order valence-corrected chi connectivity index (χ2v) is 3.56. The van der Waals surface area contributed by atoms with Gasteiger partial charge in [-0.05, 0) is 22.5 Å². The molecule has 0 aliphatic heterocycles. The van der Waals surface area contributed by atoms with Crippen LogP contribution in [-0.2, 0) is 6.42 Å². The fourth-order valence-corrected chi connectivity index (χ4v) is 1.52. The standard InChI is InChI=1S/C8H9BrN4/c9-7-5-13-4-6(1-2-10)12-8(13)3-11-7/h3-5H,1-2,10H2. The molecule has 0 saturated heterocycles. The first-order chi connectivity index (χ1) is 6.29. The Labute approximate surface area is 83.9 Å². The molecule has 2 aromatic heterocycles. The summed E-state index contributed by atoms with van der Waals surface area (Å²) in [7, 11) is 0. The van der Waals surface area contributed by atoms with Gasteiger partial charge in [-0.2, -0.15) is 0 Å². The van der Waals surface area contributed by atoms with Crippen molar-refractivity contribution < 1.29 is 0 Å². The maximum atomic E-state index is 5.44. The van der Waals surface area contributed by atoms with Crippen LogP contribution in [0.5, 0.6) is 0 Å². The Bertz CT molecular complexity index is 423. The summed E-state index contributed by atoms with van der Waals surface area (Å²) in [5.41, 5.74) is 7.29. The average molecular weight is 241 g/mol. The van der Waals surface area contributed by atoms with Crippen molar-refractivity contribution in [1.29, 1.82) is 0 Å². The first-order valence-electron chi connectivity index (χ1n) is 3.99. The van der Waals surface area contributed by atoms with E-state index in [4.69, 9.17) is 5.73 Å². The molecule has 2 rings (SSSR count). The summed E-state index contributed by atoms with van der Waals surface area (Å²) in [6.07, 6.45) is 6.38. The summed E-state index contributed by atoms with van der Waals surface area (Å²) in [5, 5.41) is 0. The first kappa shape index (κ1) is 8.65. The zero-order valence-corrected chi connectivity index (χ0v) is 8.53. The monoisotopic (exact) mass is 240 g/mol. The van der Waals surface area contributed by atoms with Crippen molar-refractivity contribution in [3.05, 3.63) is 28.9 Å². The highest BCUT2D eigenvalue weighted by Gasteiger charge is 2.00. The van der Waals surface area contributed by atoms with Gasteiger partial charge in [0, 0.05) is 18.8 Å². The van der Waals surface area contributed by atoms with Gasteiger partial charge in [-0.25, -0.2) is 9.97 Å². The van der Waals surface area contributed by atoms with E-state index in [1.165, 1.54) is 0 Å². The van der Waals surface area contributed by atoms with E-state index in [2.05, 4.69) is 25.9 Å².